The Morgan fingerprint density at radius 1 is 0.593 bits per heavy atom. The Labute approximate surface area is 140 Å². The maximum atomic E-state index is 14.4. The molecule has 0 aliphatic rings. The van der Waals surface area contributed by atoms with Crippen LogP contribution in [0, 0.1) is 94.4 Å². The van der Waals surface area contributed by atoms with E-state index in [0.717, 1.165) is 0 Å². The first-order valence-electron chi connectivity index (χ1n) is 5.18. The molecule has 0 aliphatic heterocycles. The Balaban J connectivity index is 10.8. The van der Waals surface area contributed by atoms with E-state index in [2.05, 4.69) is 10.4 Å². The van der Waals surface area contributed by atoms with Gasteiger partial charge in [0.15, 0.2) is 0 Å². The second-order valence-corrected chi connectivity index (χ2v) is 26.5. The van der Waals surface area contributed by atoms with Gasteiger partial charge in [-0.05, 0) is 0 Å². The molecule has 18 heteroatoms. The maximum absolute atomic E-state index is 15.2. The summed E-state index contributed by atoms with van der Waals surface area (Å²) in [5, 5.41) is 83.2. The molecule has 0 aromatic heterocycles. The minimum atomic E-state index is -15.2. The van der Waals surface area contributed by atoms with Crippen LogP contribution in [0.1, 0.15) is 0 Å². The van der Waals surface area contributed by atoms with Crippen LogP contribution in [0.2, 0.25) is 0 Å². The van der Waals surface area contributed by atoms with E-state index in [4.69, 9.17) is 10.5 Å². The Morgan fingerprint density at radius 2 is 0.889 bits per heavy atom. The number of hydrogen-bond acceptors (Lipinski definition) is 16. The molecular weight excluding hydrogens is 450 g/mol. The van der Waals surface area contributed by atoms with Crippen molar-refractivity contribution in [1.29, 1.82) is 47.4 Å². The number of hydrogen-bond donors (Lipinski definition) is 0. The summed E-state index contributed by atoms with van der Waals surface area (Å²) in [4.78, 5) is -5.85. The van der Waals surface area contributed by atoms with Crippen molar-refractivity contribution in [2.45, 2.75) is 0 Å². The van der Waals surface area contributed by atoms with E-state index in [-0.39, 0.29) is 12.5 Å². The van der Waals surface area contributed by atoms with E-state index in [1.54, 1.807) is 0 Å². The molecule has 0 saturated heterocycles. The van der Waals surface area contributed by atoms with E-state index in [9.17, 15) is 52.0 Å². The normalized spacial score (nSPS) is 22.7. The third kappa shape index (κ3) is 0.904. The third-order valence-corrected chi connectivity index (χ3v) is 21.4. The van der Waals surface area contributed by atoms with Gasteiger partial charge in [0.25, 0.3) is 0 Å². The van der Waals surface area contributed by atoms with Gasteiger partial charge in [-0.1, -0.05) is 0 Å². The van der Waals surface area contributed by atoms with Crippen molar-refractivity contribution in [3.05, 3.63) is 0 Å². The second-order valence-electron chi connectivity index (χ2n) is 6.35. The standard InChI is InChI=1S/2CHNO.7CN.2Cr.5O/c2*2-1-3;7*1-2;;;;;;;/h2*3H;;;;;;;;;;;;;;/q;;;;;;;;;2*+1;;;;;/p-2. The van der Waals surface area contributed by atoms with Gasteiger partial charge in [0.05, 0.1) is 0 Å². The first-order chi connectivity index (χ1) is 11.6. The first kappa shape index (κ1) is 22.2. The van der Waals surface area contributed by atoms with E-state index in [0.29, 0.717) is 0 Å². The van der Waals surface area contributed by atoms with Gasteiger partial charge >= 0.3 is 140 Å². The van der Waals surface area contributed by atoms with Gasteiger partial charge in [-0.2, -0.15) is 0 Å². The Kier molecular flexibility index (Phi) is 1.54. The molecule has 0 saturated carbocycles. The summed E-state index contributed by atoms with van der Waals surface area (Å²) in [6.45, 7) is 0. The summed E-state index contributed by atoms with van der Waals surface area (Å²) in [5.74, 6) is 0. The summed E-state index contributed by atoms with van der Waals surface area (Å²) in [5.41, 5.74) is 0. The van der Waals surface area contributed by atoms with Crippen LogP contribution in [-0.4, -0.2) is 0 Å². The molecule has 0 spiro atoms. The van der Waals surface area contributed by atoms with E-state index in [1.165, 1.54) is 0 Å². The molecule has 0 atom stereocenters. The summed E-state index contributed by atoms with van der Waals surface area (Å²) in [6, 6.07) is 0. The van der Waals surface area contributed by atoms with Crippen LogP contribution in [0.5, 0.6) is 0 Å². The van der Waals surface area contributed by atoms with Crippen LogP contribution in [-0.2, 0) is 45.4 Å². The Bertz CT molecular complexity index is 1700. The fourth-order valence-electron chi connectivity index (χ4n) is 1.31. The zero-order valence-corrected chi connectivity index (χ0v) is 14.7. The molecule has 0 fully saturated rings. The van der Waals surface area contributed by atoms with E-state index < -0.39 is 54.3 Å². The monoisotopic (exact) mass is 450 g/mol. The molecule has 0 heterocycles. The van der Waals surface area contributed by atoms with E-state index >= 15 is 0 Å². The molecule has 0 aromatic carbocycles. The molecule has 16 nitrogen and oxygen atoms in total. The molecule has 135 valence electrons. The SMILES string of the molecule is N#C[O][Cr](=[O])(=[O])[O][Cr](=[O])(=[O])([C]#N)([C]#N)([C]#N)([C]#N)([C]#N)([C]#N)([C]#N)[O]C#N. The van der Waals surface area contributed by atoms with Gasteiger partial charge in [0.2, 0.25) is 0 Å². The van der Waals surface area contributed by atoms with Crippen LogP contribution in [0.15, 0.2) is 0 Å². The first-order valence-corrected chi connectivity index (χ1v) is 13.8. The van der Waals surface area contributed by atoms with Crippen LogP contribution < -0.4 is 0 Å². The summed E-state index contributed by atoms with van der Waals surface area (Å²) < 4.78 is 61.8. The van der Waals surface area contributed by atoms with Gasteiger partial charge in [-0.3, -0.25) is 0 Å². The van der Waals surface area contributed by atoms with Crippen LogP contribution in [0.4, 0.5) is 0 Å². The molecule has 0 rings (SSSR count). The number of nitriles is 9. The fraction of sp³-hybridized carbons (Fsp3) is 0. The van der Waals surface area contributed by atoms with Crippen molar-refractivity contribution in [1.82, 2.24) is 0 Å². The van der Waals surface area contributed by atoms with Crippen molar-refractivity contribution in [2.75, 3.05) is 0 Å². The van der Waals surface area contributed by atoms with Crippen molar-refractivity contribution >= 4 is 0 Å². The van der Waals surface area contributed by atoms with Crippen molar-refractivity contribution in [3.8, 4) is 47.0 Å². The van der Waals surface area contributed by atoms with Crippen LogP contribution >= 0.6 is 0 Å². The zero-order valence-electron chi connectivity index (χ0n) is 12.2. The molecule has 0 radical (unpaired) electrons. The number of nitrogens with zero attached hydrogens (tertiary/aromatic N) is 9. The summed E-state index contributed by atoms with van der Waals surface area (Å²) in [7, 11) is 0. The predicted molar refractivity (Wildman–Crippen MR) is 56.5 cm³/mol. The fourth-order valence-corrected chi connectivity index (χ4v) is 12.2. The van der Waals surface area contributed by atoms with Crippen LogP contribution in [0.25, 0.3) is 0 Å². The molecule has 0 aliphatic carbocycles. The van der Waals surface area contributed by atoms with Gasteiger partial charge in [0.1, 0.15) is 0 Å². The zero-order chi connectivity index (χ0) is 22.3. The average Bonchev–Trinajstić information content (AvgIpc) is 2.66. The molecule has 27 heavy (non-hydrogen) atoms. The molecule has 0 aromatic rings. The second kappa shape index (κ2) is 1.87. The number of rotatable bonds is 4. The molecule has 0 N–H and O–H groups in total. The van der Waals surface area contributed by atoms with E-state index in [1.807, 2.05) is 0 Å². The Hall–Kier alpha value is -4.77. The van der Waals surface area contributed by atoms with Gasteiger partial charge < -0.3 is 0 Å². The van der Waals surface area contributed by atoms with Crippen molar-refractivity contribution in [3.63, 3.8) is 0 Å². The van der Waals surface area contributed by atoms with Crippen molar-refractivity contribution < 1.29 is 45.4 Å². The minimum absolute atomic E-state index is 0.217. The van der Waals surface area contributed by atoms with Gasteiger partial charge in [0, 0.05) is 0 Å². The third-order valence-electron chi connectivity index (χ3n) is 3.94. The quantitative estimate of drug-likeness (QED) is 0.485. The average molecular weight is 450 g/mol. The van der Waals surface area contributed by atoms with Gasteiger partial charge in [-0.25, -0.2) is 0 Å². The van der Waals surface area contributed by atoms with Gasteiger partial charge in [-0.15, -0.1) is 0 Å². The molecule has 0 amide bonds. The molecular formula is C9Cr2N9O7. The van der Waals surface area contributed by atoms with Crippen LogP contribution in [0.3, 0.4) is 0 Å². The molecule has 0 bridgehead atoms. The molecule has 0 unspecified atom stereocenters. The predicted octanol–water partition coefficient (Wildman–Crippen LogP) is -0.534. The Morgan fingerprint density at radius 3 is 1.07 bits per heavy atom. The summed E-state index contributed by atoms with van der Waals surface area (Å²) in [6.07, 6.45) is -15.2. The van der Waals surface area contributed by atoms with Crippen molar-refractivity contribution in [2.24, 2.45) is 0 Å². The summed E-state index contributed by atoms with van der Waals surface area (Å²) >= 11 is -8.03. The topological polar surface area (TPSA) is 310 Å².